The molecule has 0 aliphatic carbocycles. The van der Waals surface area contributed by atoms with Crippen LogP contribution in [0.4, 0.5) is 0 Å². The summed E-state index contributed by atoms with van der Waals surface area (Å²) in [4.78, 5) is 55.7. The zero-order chi connectivity index (χ0) is 59.2. The predicted octanol–water partition coefficient (Wildman–Crippen LogP) is 14.9. The molecule has 4 atom stereocenters. The Morgan fingerprint density at radius 3 is 1.16 bits per heavy atom. The van der Waals surface area contributed by atoms with Crippen molar-refractivity contribution in [2.75, 3.05) is 6.61 Å². The number of esters is 4. The molecule has 6 aromatic carbocycles. The van der Waals surface area contributed by atoms with Crippen LogP contribution in [0.3, 0.4) is 0 Å². The van der Waals surface area contributed by atoms with Gasteiger partial charge in [-0.2, -0.15) is 0 Å². The molecule has 0 aliphatic heterocycles. The molecule has 0 radical (unpaired) electrons. The fourth-order valence-corrected chi connectivity index (χ4v) is 16.0. The Kier molecular flexibility index (Phi) is 24.4. The van der Waals surface area contributed by atoms with Gasteiger partial charge in [0.2, 0.25) is 8.32 Å². The van der Waals surface area contributed by atoms with E-state index < -0.39 is 50.5 Å². The minimum atomic E-state index is -2.37. The maximum atomic E-state index is 14.8. The normalized spacial score (nSPS) is 12.9. The van der Waals surface area contributed by atoms with E-state index in [-0.39, 0.29) is 81.0 Å². The lowest BCUT2D eigenvalue weighted by atomic mass is 10.00. The van der Waals surface area contributed by atoms with E-state index in [0.29, 0.717) is 45.7 Å². The second-order valence-corrected chi connectivity index (χ2v) is 27.2. The number of carbonyl (C=O) groups is 4. The third-order valence-electron chi connectivity index (χ3n) is 14.0. The van der Waals surface area contributed by atoms with E-state index in [1.54, 1.807) is 39.0 Å². The number of rotatable bonds is 32. The molecule has 82 heavy (non-hydrogen) atoms. The highest BCUT2D eigenvalue weighted by Crippen LogP contribution is 2.44. The molecule has 0 aromatic heterocycles. The standard InChI is InChI=1S/C68H82O13Si/c1-12-33-73-63(69)36-50(9)79-67(71)65-57(38-59(74-42-53-25-17-13-18-26-53)40-61(65)76-44-55-29-21-15-22-30-55)34-49(8)78-64(70)37-51(10)80-68(72)66-58(35-52(11)81-82(46(2)3,47(4)5)48(6)7)39-60(75-43-54-27-19-14-20-28-54)41-62(66)77-45-56-31-23-16-24-32-56/h12-32,38-41,46-52H,1,33-37,42-45H2,2-11H3/t49-,50-,51-,52-/m1/s1. The van der Waals surface area contributed by atoms with Gasteiger partial charge in [0.25, 0.3) is 0 Å². The molecule has 6 rings (SSSR count). The summed E-state index contributed by atoms with van der Waals surface area (Å²) in [6, 6.07) is 45.5. The summed E-state index contributed by atoms with van der Waals surface area (Å²) in [5.74, 6) is -1.33. The second-order valence-electron chi connectivity index (χ2n) is 21.8. The van der Waals surface area contributed by atoms with E-state index in [9.17, 15) is 19.2 Å². The molecule has 436 valence electrons. The van der Waals surface area contributed by atoms with Crippen molar-refractivity contribution < 1.29 is 61.5 Å². The Balaban J connectivity index is 1.28. The minimum Gasteiger partial charge on any atom is -0.489 e. The second kappa shape index (κ2) is 31.5. The van der Waals surface area contributed by atoms with Crippen molar-refractivity contribution in [1.29, 1.82) is 0 Å². The fraction of sp³-hybridized carbons (Fsp3) is 0.382. The van der Waals surface area contributed by atoms with E-state index in [0.717, 1.165) is 22.3 Å². The van der Waals surface area contributed by atoms with Crippen molar-refractivity contribution in [3.8, 4) is 23.0 Å². The molecule has 14 heteroatoms. The maximum Gasteiger partial charge on any atom is 0.342 e. The molecule has 0 saturated heterocycles. The van der Waals surface area contributed by atoms with E-state index in [1.165, 1.54) is 6.08 Å². The van der Waals surface area contributed by atoms with Crippen LogP contribution >= 0.6 is 0 Å². The smallest absolute Gasteiger partial charge is 0.342 e. The number of hydrogen-bond donors (Lipinski definition) is 0. The van der Waals surface area contributed by atoms with Crippen molar-refractivity contribution in [2.45, 2.75) is 162 Å². The van der Waals surface area contributed by atoms with Gasteiger partial charge in [0, 0.05) is 24.7 Å². The highest BCUT2D eigenvalue weighted by atomic mass is 28.4. The van der Waals surface area contributed by atoms with Crippen LogP contribution in [0, 0.1) is 0 Å². The Bertz CT molecular complexity index is 2960. The summed E-state index contributed by atoms with van der Waals surface area (Å²) in [6.07, 6.45) is -1.64. The first-order valence-corrected chi connectivity index (χ1v) is 30.5. The summed E-state index contributed by atoms with van der Waals surface area (Å²) in [5.41, 5.74) is 5.90. The van der Waals surface area contributed by atoms with Gasteiger partial charge in [-0.05, 0) is 96.3 Å². The van der Waals surface area contributed by atoms with E-state index in [4.69, 9.17) is 42.3 Å². The van der Waals surface area contributed by atoms with Crippen molar-refractivity contribution >= 4 is 32.2 Å². The van der Waals surface area contributed by atoms with Crippen molar-refractivity contribution in [1.82, 2.24) is 0 Å². The summed E-state index contributed by atoms with van der Waals surface area (Å²) in [7, 11) is -2.37. The van der Waals surface area contributed by atoms with Crippen LogP contribution in [0.5, 0.6) is 23.0 Å². The van der Waals surface area contributed by atoms with E-state index >= 15 is 0 Å². The van der Waals surface area contributed by atoms with Gasteiger partial charge in [0.1, 0.15) is 85.5 Å². The fourth-order valence-electron chi connectivity index (χ4n) is 10.4. The van der Waals surface area contributed by atoms with Crippen LogP contribution in [0.1, 0.15) is 136 Å². The van der Waals surface area contributed by atoms with Crippen LogP contribution in [-0.4, -0.2) is 63.2 Å². The Labute approximate surface area is 486 Å². The molecular formula is C68H82O13Si. The van der Waals surface area contributed by atoms with Gasteiger partial charge < -0.3 is 42.3 Å². The van der Waals surface area contributed by atoms with Gasteiger partial charge in [-0.15, -0.1) is 0 Å². The average molecular weight is 1140 g/mol. The van der Waals surface area contributed by atoms with Gasteiger partial charge in [-0.3, -0.25) is 9.59 Å². The van der Waals surface area contributed by atoms with Crippen LogP contribution in [-0.2, 0) is 72.2 Å². The summed E-state index contributed by atoms with van der Waals surface area (Å²) in [6.45, 7) is 24.8. The van der Waals surface area contributed by atoms with Gasteiger partial charge >= 0.3 is 23.9 Å². The molecule has 6 aromatic rings. The van der Waals surface area contributed by atoms with Crippen LogP contribution in [0.2, 0.25) is 16.6 Å². The molecule has 0 unspecified atom stereocenters. The van der Waals surface area contributed by atoms with E-state index in [2.05, 4.69) is 55.0 Å². The predicted molar refractivity (Wildman–Crippen MR) is 321 cm³/mol. The minimum absolute atomic E-state index is 0.0156. The van der Waals surface area contributed by atoms with Crippen molar-refractivity contribution in [2.24, 2.45) is 0 Å². The molecule has 0 fully saturated rings. The maximum absolute atomic E-state index is 14.8. The SMILES string of the molecule is C=CCOC(=O)C[C@@H](C)OC(=O)c1c(C[C@@H](C)OC(=O)C[C@@H](C)OC(=O)c2c(C[C@@H](C)O[Si](C(C)C)(C(C)C)C(C)C)cc(OCc3ccccc3)cc2OCc2ccccc2)cc(OCc2ccccc2)cc1OCc1ccccc1. The van der Waals surface area contributed by atoms with Gasteiger partial charge in [0.15, 0.2) is 0 Å². The Morgan fingerprint density at radius 1 is 0.439 bits per heavy atom. The summed E-state index contributed by atoms with van der Waals surface area (Å²) < 4.78 is 56.1. The zero-order valence-corrected chi connectivity index (χ0v) is 50.4. The van der Waals surface area contributed by atoms with Crippen LogP contribution in [0.25, 0.3) is 0 Å². The first kappa shape index (κ1) is 63.5. The number of carbonyl (C=O) groups excluding carboxylic acids is 4. The lowest BCUT2D eigenvalue weighted by molar-refractivity contribution is -0.150. The van der Waals surface area contributed by atoms with Crippen molar-refractivity contribution in [3.63, 3.8) is 0 Å². The molecule has 0 aliphatic rings. The lowest BCUT2D eigenvalue weighted by Gasteiger charge is -2.44. The zero-order valence-electron chi connectivity index (χ0n) is 49.4. The lowest BCUT2D eigenvalue weighted by Crippen LogP contribution is -2.50. The van der Waals surface area contributed by atoms with Crippen LogP contribution < -0.4 is 18.9 Å². The monoisotopic (exact) mass is 1130 g/mol. The highest BCUT2D eigenvalue weighted by molar-refractivity contribution is 6.77. The average Bonchev–Trinajstić information content (AvgIpc) is 3.64. The molecule has 0 spiro atoms. The molecular weight excluding hydrogens is 1050 g/mol. The van der Waals surface area contributed by atoms with Crippen molar-refractivity contribution in [3.05, 3.63) is 203 Å². The first-order chi connectivity index (χ1) is 39.3. The quantitative estimate of drug-likeness (QED) is 0.0171. The molecule has 0 N–H and O–H groups in total. The number of hydrogen-bond acceptors (Lipinski definition) is 13. The van der Waals surface area contributed by atoms with Gasteiger partial charge in [-0.1, -0.05) is 176 Å². The molecule has 0 amide bonds. The number of ether oxygens (including phenoxy) is 8. The Hall–Kier alpha value is -7.68. The Morgan fingerprint density at radius 2 is 0.793 bits per heavy atom. The van der Waals surface area contributed by atoms with Crippen LogP contribution in [0.15, 0.2) is 158 Å². The first-order valence-electron chi connectivity index (χ1n) is 28.4. The van der Waals surface area contributed by atoms with E-state index in [1.807, 2.05) is 127 Å². The summed E-state index contributed by atoms with van der Waals surface area (Å²) >= 11 is 0. The molecule has 0 heterocycles. The van der Waals surface area contributed by atoms with Gasteiger partial charge in [-0.25, -0.2) is 9.59 Å². The van der Waals surface area contributed by atoms with Gasteiger partial charge in [0.05, 0.1) is 12.8 Å². The number of benzene rings is 6. The molecule has 13 nitrogen and oxygen atoms in total. The molecule has 0 saturated carbocycles. The third-order valence-corrected chi connectivity index (χ3v) is 20.3. The topological polar surface area (TPSA) is 151 Å². The molecule has 0 bridgehead atoms. The largest absolute Gasteiger partial charge is 0.489 e. The summed E-state index contributed by atoms with van der Waals surface area (Å²) in [5, 5.41) is 0. The highest BCUT2D eigenvalue weighted by Gasteiger charge is 2.46. The third kappa shape index (κ3) is 19.0.